The minimum absolute atomic E-state index is 0. The summed E-state index contributed by atoms with van der Waals surface area (Å²) in [4.78, 5) is 107. The predicted molar refractivity (Wildman–Crippen MR) is 270 cm³/mol. The second-order valence-corrected chi connectivity index (χ2v) is 16.1. The highest BCUT2D eigenvalue weighted by Crippen LogP contribution is 2.20. The molecule has 4 aliphatic heterocycles. The monoisotopic (exact) mass is 1110 g/mol. The van der Waals surface area contributed by atoms with Crippen LogP contribution in [0.2, 0.25) is 0 Å². The average Bonchev–Trinajstić information content (AvgIpc) is 4.18. The van der Waals surface area contributed by atoms with Crippen LogP contribution in [-0.4, -0.2) is 209 Å². The number of halogens is 1. The van der Waals surface area contributed by atoms with Crippen LogP contribution in [0.3, 0.4) is 0 Å². The van der Waals surface area contributed by atoms with E-state index in [2.05, 4.69) is 35.5 Å². The van der Waals surface area contributed by atoms with Gasteiger partial charge in [0.25, 0.3) is 0 Å². The fourth-order valence-corrected chi connectivity index (χ4v) is 5.90. The maximum absolute atomic E-state index is 12.4. The first-order chi connectivity index (χ1) is 36.7. The largest absolute Gasteiger partial charge is 0.480 e. The summed E-state index contributed by atoms with van der Waals surface area (Å²) in [6.07, 6.45) is -2.68. The lowest BCUT2D eigenvalue weighted by Gasteiger charge is -2.18. The number of nitrogens with zero attached hydrogens (tertiary/aromatic N) is 2. The maximum atomic E-state index is 12.4. The zero-order valence-corrected chi connectivity index (χ0v) is 43.6. The van der Waals surface area contributed by atoms with Gasteiger partial charge in [-0.05, 0) is 11.1 Å². The molecule has 0 spiro atoms. The van der Waals surface area contributed by atoms with Crippen molar-refractivity contribution in [1.29, 1.82) is 0 Å². The number of carbonyl (C=O) groups excluding carboxylic acids is 7. The van der Waals surface area contributed by atoms with E-state index >= 15 is 0 Å². The molecule has 422 valence electrons. The summed E-state index contributed by atoms with van der Waals surface area (Å²) < 4.78 is 54.8. The van der Waals surface area contributed by atoms with Gasteiger partial charge in [-0.15, -0.1) is 12.4 Å². The summed E-state index contributed by atoms with van der Waals surface area (Å²) in [6, 6.07) is 14.5. The number of benzene rings is 2. The van der Waals surface area contributed by atoms with Gasteiger partial charge in [-0.25, -0.2) is 24.2 Å². The lowest BCUT2D eigenvalue weighted by molar-refractivity contribution is -0.147. The van der Waals surface area contributed by atoms with Gasteiger partial charge < -0.3 is 93.6 Å². The minimum atomic E-state index is -1.38. The van der Waals surface area contributed by atoms with Crippen LogP contribution in [0, 0.1) is 0 Å². The first kappa shape index (κ1) is 65.2. The van der Waals surface area contributed by atoms with Crippen LogP contribution in [0.4, 0.5) is 9.59 Å². The van der Waals surface area contributed by atoms with Crippen molar-refractivity contribution in [2.45, 2.75) is 50.6 Å². The number of carboxylic acids is 1. The summed E-state index contributed by atoms with van der Waals surface area (Å²) in [7, 11) is 3.43. The van der Waals surface area contributed by atoms with Crippen molar-refractivity contribution in [3.8, 4) is 0 Å². The van der Waals surface area contributed by atoms with Gasteiger partial charge in [0.1, 0.15) is 25.3 Å². The van der Waals surface area contributed by atoms with Crippen molar-refractivity contribution >= 4 is 88.5 Å². The number of hydrogen-bond acceptors (Lipinski definition) is 24. The van der Waals surface area contributed by atoms with Gasteiger partial charge in [-0.3, -0.25) is 24.0 Å². The molecular weight excluding hydrogens is 1050 g/mol. The van der Waals surface area contributed by atoms with Crippen LogP contribution in [0.5, 0.6) is 0 Å². The number of carbonyl (C=O) groups is 8. The molecule has 7 N–H and O–H groups in total. The molecule has 6 rings (SSSR count). The Morgan fingerprint density at radius 3 is 1.30 bits per heavy atom. The number of nitrogens with two attached hydrogens (primary N) is 1. The number of rotatable bonds is 33. The Bertz CT molecular complexity index is 2100. The summed E-state index contributed by atoms with van der Waals surface area (Å²) >= 11 is 0. The number of nitrogens with one attached hydrogen (secondary N) is 4. The van der Waals surface area contributed by atoms with Crippen molar-refractivity contribution in [2.24, 2.45) is 5.73 Å². The topological polar surface area (TPSA) is 371 Å². The molecule has 77 heavy (non-hydrogen) atoms. The van der Waals surface area contributed by atoms with Crippen molar-refractivity contribution in [1.82, 2.24) is 31.0 Å². The number of carboxylic acid groups (broad SMARTS) is 1. The fraction of sp³-hybridized carbons (Fsp3) is 0.535. The molecule has 3 unspecified atom stereocenters. The van der Waals surface area contributed by atoms with Gasteiger partial charge >= 0.3 is 64.3 Å². The maximum Gasteiger partial charge on any atom is 0.422 e. The number of hydrogen-bond donors (Lipinski definition) is 6. The molecular formula is C43H64B4ClN7O22. The van der Waals surface area contributed by atoms with Gasteiger partial charge in [-0.1, -0.05) is 60.7 Å². The Morgan fingerprint density at radius 1 is 0.558 bits per heavy atom. The Kier molecular flexibility index (Phi) is 31.2. The van der Waals surface area contributed by atoms with E-state index in [0.29, 0.717) is 65.6 Å². The highest BCUT2D eigenvalue weighted by molar-refractivity contribution is 6.73. The number of aliphatic carboxylic acids is 1. The number of alkyl carbamates (subject to hydrolysis) is 2. The Morgan fingerprint density at radius 2 is 0.922 bits per heavy atom. The second kappa shape index (κ2) is 36.9. The van der Waals surface area contributed by atoms with Crippen LogP contribution >= 0.6 is 12.4 Å². The van der Waals surface area contributed by atoms with E-state index in [1.807, 2.05) is 24.3 Å². The van der Waals surface area contributed by atoms with Gasteiger partial charge in [0.05, 0.1) is 112 Å². The van der Waals surface area contributed by atoms with Crippen molar-refractivity contribution in [3.63, 3.8) is 0 Å². The smallest absolute Gasteiger partial charge is 0.422 e. The SMILES string of the molecule is COC(=O)CC(N)C(=O)NCCOCCON(B1CO1)B1CO1.COC(=O)CC(NC(=O)OCc1ccccc1)C(=O)NCCOCCON(B1CO1)B1CO1.COC(=O)CC(NC(=O)OCc1ccccc1)C(=O)O.Cl. The lowest BCUT2D eigenvalue weighted by atomic mass is 9.81. The highest BCUT2D eigenvalue weighted by Gasteiger charge is 2.52. The van der Waals surface area contributed by atoms with Gasteiger partial charge in [0.15, 0.2) is 0 Å². The van der Waals surface area contributed by atoms with E-state index in [0.717, 1.165) is 18.2 Å². The molecule has 2 aromatic carbocycles. The van der Waals surface area contributed by atoms with Gasteiger partial charge in [-0.2, -0.15) is 0 Å². The molecule has 0 radical (unpaired) electrons. The third-order valence-corrected chi connectivity index (χ3v) is 10.2. The molecule has 0 saturated carbocycles. The molecule has 0 bridgehead atoms. The zero-order chi connectivity index (χ0) is 55.1. The molecule has 3 atom stereocenters. The Balaban J connectivity index is 0.000000314. The lowest BCUT2D eigenvalue weighted by Crippen LogP contribution is -2.48. The van der Waals surface area contributed by atoms with Crippen LogP contribution in [-0.2, 0) is 103 Å². The molecule has 4 amide bonds. The molecule has 29 nitrogen and oxygen atoms in total. The fourth-order valence-electron chi connectivity index (χ4n) is 5.90. The summed E-state index contributed by atoms with van der Waals surface area (Å²) in [5.74, 6) is -4.22. The van der Waals surface area contributed by atoms with E-state index in [9.17, 15) is 38.4 Å². The second-order valence-electron chi connectivity index (χ2n) is 16.1. The first-order valence-corrected chi connectivity index (χ1v) is 23.8. The Labute approximate surface area is 451 Å². The minimum Gasteiger partial charge on any atom is -0.480 e. The average molecular weight is 1110 g/mol. The molecule has 2 aromatic rings. The number of amides is 4. The quantitative estimate of drug-likeness (QED) is 0.0113. The van der Waals surface area contributed by atoms with Crippen molar-refractivity contribution in [2.75, 3.05) is 100 Å². The third-order valence-electron chi connectivity index (χ3n) is 10.2. The van der Waals surface area contributed by atoms with Crippen LogP contribution in [0.25, 0.3) is 0 Å². The molecule has 34 heteroatoms. The number of esters is 3. The van der Waals surface area contributed by atoms with Crippen LogP contribution in [0.1, 0.15) is 30.4 Å². The van der Waals surface area contributed by atoms with Crippen LogP contribution < -0.4 is 27.0 Å². The van der Waals surface area contributed by atoms with Gasteiger partial charge in [0.2, 0.25) is 11.8 Å². The zero-order valence-electron chi connectivity index (χ0n) is 42.7. The summed E-state index contributed by atoms with van der Waals surface area (Å²) in [5, 5.41) is 18.6. The first-order valence-electron chi connectivity index (χ1n) is 23.8. The number of ether oxygens (including phenoxy) is 7. The van der Waals surface area contributed by atoms with E-state index < -0.39 is 72.4 Å². The predicted octanol–water partition coefficient (Wildman–Crippen LogP) is -1.96. The third kappa shape index (κ3) is 28.7. The molecule has 0 aliphatic carbocycles. The van der Waals surface area contributed by atoms with E-state index in [-0.39, 0.29) is 79.8 Å². The van der Waals surface area contributed by atoms with E-state index in [1.165, 1.54) is 14.2 Å². The molecule has 0 aromatic heterocycles. The standard InChI is InChI=1S/C19H27B2N3O9.C13H15NO6.C11H21B2N3O7.ClH/c1-28-17(25)11-16(23-19(27)30-12-15-5-3-2-4-6-15)18(26)22-7-8-29-9-10-33-24(20-13-31-20)21-14-32-21;1-19-11(15)7-10(12(16)17)14-13(18)20-8-9-5-3-2-4-6-9;1-19-10(17)6-9(14)11(18)15-2-3-20-4-5-23-16(12-7-21-12)13-8-22-13;/h2-6,16H,7-14H2,1H3,(H,22,26)(H,23,27);2-6,10H,7-8H2,1H3,(H,14,18)(H,16,17);9H,2-8,14H2,1H3,(H,15,18);1H. The van der Waals surface area contributed by atoms with Crippen molar-refractivity contribution in [3.05, 3.63) is 71.8 Å². The van der Waals surface area contributed by atoms with E-state index in [4.69, 9.17) is 58.1 Å². The van der Waals surface area contributed by atoms with Crippen LogP contribution in [0.15, 0.2) is 60.7 Å². The summed E-state index contributed by atoms with van der Waals surface area (Å²) in [6.45, 7) is 4.97. The highest BCUT2D eigenvalue weighted by atomic mass is 35.5. The van der Waals surface area contributed by atoms with Crippen molar-refractivity contribution < 1.29 is 105 Å². The van der Waals surface area contributed by atoms with E-state index in [1.54, 1.807) is 46.2 Å². The molecule has 4 aliphatic rings. The normalized spacial score (nSPS) is 14.5. The molecule has 4 fully saturated rings. The molecule has 4 heterocycles. The molecule has 4 saturated heterocycles. The summed E-state index contributed by atoms with van der Waals surface area (Å²) in [5.41, 5.74) is 7.11. The number of methoxy groups -OCH3 is 3. The Hall–Kier alpha value is -6.09. The van der Waals surface area contributed by atoms with Gasteiger partial charge in [0, 0.05) is 13.1 Å².